The Morgan fingerprint density at radius 1 is 1.21 bits per heavy atom. The van der Waals surface area contributed by atoms with Crippen molar-refractivity contribution in [3.63, 3.8) is 0 Å². The van der Waals surface area contributed by atoms with Crippen molar-refractivity contribution in [2.24, 2.45) is 11.1 Å². The highest BCUT2D eigenvalue weighted by molar-refractivity contribution is 5.97. The van der Waals surface area contributed by atoms with Crippen LogP contribution in [0.1, 0.15) is 57.0 Å². The molecule has 0 heterocycles. The Balaban J connectivity index is 3.32. The van der Waals surface area contributed by atoms with Crippen LogP contribution < -0.4 is 11.5 Å². The number of nitrogen functional groups attached to an aromatic ring is 1. The van der Waals surface area contributed by atoms with Gasteiger partial charge < -0.3 is 16.6 Å². The largest absolute Gasteiger partial charge is 0.505 e. The first-order chi connectivity index (χ1) is 8.44. The number of hydrogen-bond acceptors (Lipinski definition) is 3. The summed E-state index contributed by atoms with van der Waals surface area (Å²) in [5.41, 5.74) is 12.2. The van der Waals surface area contributed by atoms with Crippen LogP contribution >= 0.6 is 0 Å². The maximum Gasteiger partial charge on any atom is 0.252 e. The number of hydrogen-bond donors (Lipinski definition) is 3. The standard InChI is InChI=1S/C15H24N2O2/c1-14(2,3)8-15(4,5)9-6-10(13(17)19)12(18)11(16)7-9/h6-7,18H,8,16H2,1-5H3,(H2,17,19). The molecular weight excluding hydrogens is 240 g/mol. The molecule has 0 atom stereocenters. The van der Waals surface area contributed by atoms with Gasteiger partial charge in [0.15, 0.2) is 5.75 Å². The number of aromatic hydroxyl groups is 1. The van der Waals surface area contributed by atoms with E-state index in [0.717, 1.165) is 12.0 Å². The third kappa shape index (κ3) is 3.63. The van der Waals surface area contributed by atoms with Gasteiger partial charge in [0.1, 0.15) is 0 Å². The van der Waals surface area contributed by atoms with Gasteiger partial charge in [0.25, 0.3) is 5.91 Å². The van der Waals surface area contributed by atoms with E-state index in [0.29, 0.717) is 0 Å². The monoisotopic (exact) mass is 264 g/mol. The number of anilines is 1. The third-order valence-electron chi connectivity index (χ3n) is 3.16. The molecule has 0 saturated heterocycles. The number of phenols is 1. The molecule has 4 heteroatoms. The SMILES string of the molecule is CC(C)(C)CC(C)(C)c1cc(N)c(O)c(C(N)=O)c1. The summed E-state index contributed by atoms with van der Waals surface area (Å²) in [6, 6.07) is 3.35. The molecule has 0 radical (unpaired) electrons. The zero-order valence-electron chi connectivity index (χ0n) is 12.4. The number of nitrogens with two attached hydrogens (primary N) is 2. The first kappa shape index (κ1) is 15.3. The van der Waals surface area contributed by atoms with Gasteiger partial charge in [0.2, 0.25) is 0 Å². The summed E-state index contributed by atoms with van der Waals surface area (Å²) in [5.74, 6) is -0.902. The number of rotatable bonds is 3. The van der Waals surface area contributed by atoms with Crippen LogP contribution in [-0.4, -0.2) is 11.0 Å². The van der Waals surface area contributed by atoms with Gasteiger partial charge in [-0.2, -0.15) is 0 Å². The zero-order chi connectivity index (χ0) is 15.0. The van der Waals surface area contributed by atoms with Crippen LogP contribution in [0.3, 0.4) is 0 Å². The molecule has 5 N–H and O–H groups in total. The first-order valence-electron chi connectivity index (χ1n) is 6.37. The van der Waals surface area contributed by atoms with Crippen LogP contribution in [0.2, 0.25) is 0 Å². The van der Waals surface area contributed by atoms with Crippen LogP contribution in [0.25, 0.3) is 0 Å². The average Bonchev–Trinajstić information content (AvgIpc) is 2.17. The van der Waals surface area contributed by atoms with Gasteiger partial charge in [-0.3, -0.25) is 4.79 Å². The molecule has 0 spiro atoms. The van der Waals surface area contributed by atoms with Crippen LogP contribution in [0, 0.1) is 5.41 Å². The lowest BCUT2D eigenvalue weighted by Gasteiger charge is -2.33. The van der Waals surface area contributed by atoms with E-state index in [1.54, 1.807) is 12.1 Å². The number of primary amides is 1. The van der Waals surface area contributed by atoms with Gasteiger partial charge in [-0.25, -0.2) is 0 Å². The molecule has 1 aromatic rings. The number of benzene rings is 1. The van der Waals surface area contributed by atoms with Crippen molar-refractivity contribution in [2.75, 3.05) is 5.73 Å². The fourth-order valence-corrected chi connectivity index (χ4v) is 2.66. The van der Waals surface area contributed by atoms with E-state index in [1.807, 2.05) is 0 Å². The lowest BCUT2D eigenvalue weighted by Crippen LogP contribution is -2.25. The smallest absolute Gasteiger partial charge is 0.252 e. The molecule has 0 aliphatic rings. The van der Waals surface area contributed by atoms with E-state index in [2.05, 4.69) is 34.6 Å². The van der Waals surface area contributed by atoms with Crippen LogP contribution in [0.4, 0.5) is 5.69 Å². The Morgan fingerprint density at radius 3 is 2.16 bits per heavy atom. The lowest BCUT2D eigenvalue weighted by atomic mass is 9.72. The van der Waals surface area contributed by atoms with Crippen molar-refractivity contribution in [2.45, 2.75) is 46.5 Å². The van der Waals surface area contributed by atoms with E-state index < -0.39 is 5.91 Å². The fourth-order valence-electron chi connectivity index (χ4n) is 2.66. The zero-order valence-corrected chi connectivity index (χ0v) is 12.4. The van der Waals surface area contributed by atoms with Crippen LogP contribution in [0.15, 0.2) is 12.1 Å². The molecule has 0 unspecified atom stereocenters. The number of carbonyl (C=O) groups excluding carboxylic acids is 1. The summed E-state index contributed by atoms with van der Waals surface area (Å²) in [7, 11) is 0. The van der Waals surface area contributed by atoms with E-state index in [-0.39, 0.29) is 27.8 Å². The summed E-state index contributed by atoms with van der Waals surface area (Å²) >= 11 is 0. The highest BCUT2D eigenvalue weighted by Gasteiger charge is 2.29. The summed E-state index contributed by atoms with van der Waals surface area (Å²) in [6.07, 6.45) is 0.919. The highest BCUT2D eigenvalue weighted by Crippen LogP contribution is 2.39. The van der Waals surface area contributed by atoms with Crippen molar-refractivity contribution >= 4 is 11.6 Å². The molecule has 19 heavy (non-hydrogen) atoms. The first-order valence-corrected chi connectivity index (χ1v) is 6.37. The summed E-state index contributed by atoms with van der Waals surface area (Å²) in [6.45, 7) is 10.7. The quantitative estimate of drug-likeness (QED) is 0.579. The Kier molecular flexibility index (Phi) is 3.84. The van der Waals surface area contributed by atoms with Crippen molar-refractivity contribution < 1.29 is 9.90 Å². The molecule has 106 valence electrons. The Morgan fingerprint density at radius 2 is 1.74 bits per heavy atom. The lowest BCUT2D eigenvalue weighted by molar-refractivity contribution is 0.0997. The van der Waals surface area contributed by atoms with E-state index >= 15 is 0 Å². The molecule has 1 aromatic carbocycles. The number of amides is 1. The Bertz CT molecular complexity index is 500. The molecule has 1 rings (SSSR count). The van der Waals surface area contributed by atoms with E-state index in [4.69, 9.17) is 11.5 Å². The van der Waals surface area contributed by atoms with Gasteiger partial charge in [0.05, 0.1) is 11.3 Å². The van der Waals surface area contributed by atoms with Gasteiger partial charge in [-0.05, 0) is 34.9 Å². The average molecular weight is 264 g/mol. The molecule has 0 saturated carbocycles. The minimum Gasteiger partial charge on any atom is -0.505 e. The van der Waals surface area contributed by atoms with Crippen molar-refractivity contribution in [1.82, 2.24) is 0 Å². The minimum atomic E-state index is -0.669. The molecule has 4 nitrogen and oxygen atoms in total. The predicted octanol–water partition coefficient (Wildman–Crippen LogP) is 2.79. The molecule has 0 bridgehead atoms. The molecule has 0 aromatic heterocycles. The van der Waals surface area contributed by atoms with Gasteiger partial charge in [-0.15, -0.1) is 0 Å². The normalized spacial score (nSPS) is 12.5. The van der Waals surface area contributed by atoms with Gasteiger partial charge in [0, 0.05) is 0 Å². The van der Waals surface area contributed by atoms with Crippen molar-refractivity contribution in [3.05, 3.63) is 23.3 Å². The summed E-state index contributed by atoms with van der Waals surface area (Å²) < 4.78 is 0. The predicted molar refractivity (Wildman–Crippen MR) is 78.1 cm³/mol. The molecule has 0 fully saturated rings. The fraction of sp³-hybridized carbons (Fsp3) is 0.533. The molecule has 0 aliphatic carbocycles. The third-order valence-corrected chi connectivity index (χ3v) is 3.16. The van der Waals surface area contributed by atoms with Gasteiger partial charge in [-0.1, -0.05) is 34.6 Å². The maximum atomic E-state index is 11.3. The maximum absolute atomic E-state index is 11.3. The second-order valence-corrected chi connectivity index (χ2v) is 6.95. The molecular formula is C15H24N2O2. The second kappa shape index (κ2) is 4.76. The second-order valence-electron chi connectivity index (χ2n) is 6.95. The summed E-state index contributed by atoms with van der Waals surface area (Å²) in [4.78, 5) is 11.3. The topological polar surface area (TPSA) is 89.3 Å². The van der Waals surface area contributed by atoms with Gasteiger partial charge >= 0.3 is 0 Å². The number of carbonyl (C=O) groups is 1. The summed E-state index contributed by atoms with van der Waals surface area (Å²) in [5, 5.41) is 9.76. The molecule has 1 amide bonds. The highest BCUT2D eigenvalue weighted by atomic mass is 16.3. The molecule has 0 aliphatic heterocycles. The van der Waals surface area contributed by atoms with Crippen molar-refractivity contribution in [3.8, 4) is 5.75 Å². The van der Waals surface area contributed by atoms with Crippen LogP contribution in [0.5, 0.6) is 5.75 Å². The Hall–Kier alpha value is -1.71. The minimum absolute atomic E-state index is 0.0805. The van der Waals surface area contributed by atoms with E-state index in [1.165, 1.54) is 0 Å². The Labute approximate surface area is 114 Å². The van der Waals surface area contributed by atoms with E-state index in [9.17, 15) is 9.90 Å². The van der Waals surface area contributed by atoms with Crippen LogP contribution in [-0.2, 0) is 5.41 Å². The van der Waals surface area contributed by atoms with Crippen molar-refractivity contribution in [1.29, 1.82) is 0 Å².